The number of ketones is 1. The van der Waals surface area contributed by atoms with E-state index in [-0.39, 0.29) is 16.6 Å². The first kappa shape index (κ1) is 22.8. The van der Waals surface area contributed by atoms with Crippen LogP contribution < -0.4 is 10.0 Å². The number of rotatable bonds is 4. The molecule has 0 radical (unpaired) electrons. The van der Waals surface area contributed by atoms with Crippen LogP contribution in [-0.2, 0) is 15.6 Å². The third-order valence-electron chi connectivity index (χ3n) is 8.08. The number of anilines is 1. The molecular formula is C30H34N2O2. The van der Waals surface area contributed by atoms with Gasteiger partial charge in [-0.3, -0.25) is 4.79 Å². The minimum absolute atomic E-state index is 0.0365. The van der Waals surface area contributed by atoms with Crippen LogP contribution in [0.4, 0.5) is 11.4 Å². The summed E-state index contributed by atoms with van der Waals surface area (Å²) < 4.78 is 2.24. The third kappa shape index (κ3) is 3.01. The van der Waals surface area contributed by atoms with Gasteiger partial charge in [-0.25, -0.2) is 0 Å². The summed E-state index contributed by atoms with van der Waals surface area (Å²) in [6, 6.07) is 16.7. The van der Waals surface area contributed by atoms with Crippen LogP contribution in [-0.4, -0.2) is 35.3 Å². The SMILES string of the molecule is CCN1C(=CC2C(=O)C(=CC3=[N+](CC)c4ccccc4C3(C)C)C2[O-])C(C)(C)c2ccccc21. The minimum atomic E-state index is -1.04. The number of carbonyl (C=O) groups is 1. The zero-order valence-electron chi connectivity index (χ0n) is 21.1. The van der Waals surface area contributed by atoms with Gasteiger partial charge in [-0.1, -0.05) is 62.4 Å². The van der Waals surface area contributed by atoms with Gasteiger partial charge in [0, 0.05) is 47.0 Å². The van der Waals surface area contributed by atoms with Crippen molar-refractivity contribution in [2.75, 3.05) is 18.0 Å². The zero-order valence-corrected chi connectivity index (χ0v) is 21.1. The molecule has 0 saturated heterocycles. The lowest BCUT2D eigenvalue weighted by Gasteiger charge is -2.43. The van der Waals surface area contributed by atoms with E-state index in [0.29, 0.717) is 5.57 Å². The van der Waals surface area contributed by atoms with Crippen molar-refractivity contribution in [1.29, 1.82) is 0 Å². The fraction of sp³-hybridized carbons (Fsp3) is 0.400. The Hall–Kier alpha value is -2.98. The fourth-order valence-electron chi connectivity index (χ4n) is 6.12. The largest absolute Gasteiger partial charge is 0.848 e. The lowest BCUT2D eigenvalue weighted by atomic mass is 9.71. The second-order valence-corrected chi connectivity index (χ2v) is 10.6. The number of nitrogens with zero attached hydrogens (tertiary/aromatic N) is 2. The highest BCUT2D eigenvalue weighted by Gasteiger charge is 2.47. The van der Waals surface area contributed by atoms with E-state index < -0.39 is 12.0 Å². The number of allylic oxidation sites excluding steroid dienone is 2. The Kier molecular flexibility index (Phi) is 5.21. The van der Waals surface area contributed by atoms with Gasteiger partial charge in [-0.2, -0.15) is 4.58 Å². The molecule has 2 unspecified atom stereocenters. The Morgan fingerprint density at radius 1 is 0.971 bits per heavy atom. The topological polar surface area (TPSA) is 46.4 Å². The van der Waals surface area contributed by atoms with Gasteiger partial charge in [0.15, 0.2) is 11.5 Å². The molecule has 34 heavy (non-hydrogen) atoms. The molecule has 1 aliphatic carbocycles. The molecule has 0 amide bonds. The zero-order chi connectivity index (χ0) is 24.4. The van der Waals surface area contributed by atoms with E-state index in [1.807, 2.05) is 24.3 Å². The summed E-state index contributed by atoms with van der Waals surface area (Å²) in [4.78, 5) is 15.6. The smallest absolute Gasteiger partial charge is 0.209 e. The Morgan fingerprint density at radius 3 is 2.26 bits per heavy atom. The molecule has 2 atom stereocenters. The fourth-order valence-corrected chi connectivity index (χ4v) is 6.12. The predicted molar refractivity (Wildman–Crippen MR) is 136 cm³/mol. The Balaban J connectivity index is 1.50. The summed E-state index contributed by atoms with van der Waals surface area (Å²) in [5.41, 5.74) is 6.83. The van der Waals surface area contributed by atoms with Gasteiger partial charge in [0.1, 0.15) is 6.54 Å². The maximum absolute atomic E-state index is 13.4. The van der Waals surface area contributed by atoms with Crippen LogP contribution in [0, 0.1) is 5.92 Å². The molecule has 1 saturated carbocycles. The van der Waals surface area contributed by atoms with E-state index in [2.05, 4.69) is 87.4 Å². The number of Topliss-reactive ketones (excluding diaryl/α,β-unsaturated/α-hetero) is 1. The monoisotopic (exact) mass is 454 g/mol. The van der Waals surface area contributed by atoms with Gasteiger partial charge in [-0.15, -0.1) is 0 Å². The van der Waals surface area contributed by atoms with Crippen LogP contribution in [0.3, 0.4) is 0 Å². The van der Waals surface area contributed by atoms with E-state index >= 15 is 0 Å². The summed E-state index contributed by atoms with van der Waals surface area (Å²) in [6.07, 6.45) is 2.81. The molecule has 0 N–H and O–H groups in total. The summed E-state index contributed by atoms with van der Waals surface area (Å²) in [5, 5.41) is 13.4. The van der Waals surface area contributed by atoms with Crippen molar-refractivity contribution in [3.05, 3.63) is 83.1 Å². The van der Waals surface area contributed by atoms with Crippen LogP contribution in [0.15, 0.2) is 72.0 Å². The molecule has 2 aromatic carbocycles. The Bertz CT molecular complexity index is 1280. The average Bonchev–Trinajstić information content (AvgIpc) is 3.19. The highest BCUT2D eigenvalue weighted by Crippen LogP contribution is 2.49. The van der Waals surface area contributed by atoms with Gasteiger partial charge in [-0.05, 0) is 44.9 Å². The molecule has 2 aromatic rings. The number of hydrogen-bond donors (Lipinski definition) is 0. The summed E-state index contributed by atoms with van der Waals surface area (Å²) >= 11 is 0. The third-order valence-corrected chi connectivity index (χ3v) is 8.08. The maximum atomic E-state index is 13.4. The molecule has 2 heterocycles. The predicted octanol–water partition coefficient (Wildman–Crippen LogP) is 4.64. The molecule has 4 heteroatoms. The standard InChI is InChI=1S/C30H34N2O2/c1-7-31-23-15-11-9-13-21(23)29(3,4)25(31)17-19-27(33)20(28(19)34)18-26-30(5,6)22-14-10-12-16-24(22)32(26)8-2/h9-19,27H,7-8H2,1-6H3. The first-order valence-corrected chi connectivity index (χ1v) is 12.4. The second kappa shape index (κ2) is 7.78. The second-order valence-electron chi connectivity index (χ2n) is 10.6. The van der Waals surface area contributed by atoms with Gasteiger partial charge in [0.2, 0.25) is 5.69 Å². The van der Waals surface area contributed by atoms with Crippen molar-refractivity contribution in [3.8, 4) is 0 Å². The average molecular weight is 455 g/mol. The van der Waals surface area contributed by atoms with E-state index in [4.69, 9.17) is 0 Å². The number of hydrogen-bond acceptors (Lipinski definition) is 3. The number of benzene rings is 2. The van der Waals surface area contributed by atoms with Crippen molar-refractivity contribution in [2.45, 2.75) is 58.5 Å². The minimum Gasteiger partial charge on any atom is -0.848 e. The van der Waals surface area contributed by atoms with Gasteiger partial charge in [0.05, 0.1) is 5.41 Å². The lowest BCUT2D eigenvalue weighted by molar-refractivity contribution is -0.433. The van der Waals surface area contributed by atoms with Crippen molar-refractivity contribution in [2.24, 2.45) is 5.92 Å². The summed E-state index contributed by atoms with van der Waals surface area (Å²) in [6.45, 7) is 14.5. The van der Waals surface area contributed by atoms with E-state index in [9.17, 15) is 9.90 Å². The molecule has 5 rings (SSSR count). The quantitative estimate of drug-likeness (QED) is 0.500. The van der Waals surface area contributed by atoms with Crippen LogP contribution in [0.2, 0.25) is 0 Å². The number of para-hydroxylation sites is 2. The van der Waals surface area contributed by atoms with Crippen LogP contribution in [0.1, 0.15) is 52.7 Å². The number of fused-ring (bicyclic) bond motifs is 2. The highest BCUT2D eigenvalue weighted by atomic mass is 16.3. The summed E-state index contributed by atoms with van der Waals surface area (Å²) in [7, 11) is 0. The van der Waals surface area contributed by atoms with Crippen molar-refractivity contribution in [3.63, 3.8) is 0 Å². The molecule has 176 valence electrons. The van der Waals surface area contributed by atoms with Crippen LogP contribution in [0.5, 0.6) is 0 Å². The molecular weight excluding hydrogens is 420 g/mol. The van der Waals surface area contributed by atoms with Gasteiger partial charge >= 0.3 is 0 Å². The van der Waals surface area contributed by atoms with Crippen LogP contribution in [0.25, 0.3) is 0 Å². The van der Waals surface area contributed by atoms with E-state index in [0.717, 1.165) is 24.5 Å². The highest BCUT2D eigenvalue weighted by molar-refractivity contribution is 6.14. The molecule has 0 aromatic heterocycles. The molecule has 2 aliphatic heterocycles. The number of likely N-dealkylation sites (N-methyl/N-ethyl adjacent to an activating group) is 1. The normalized spacial score (nSPS) is 26.8. The lowest BCUT2D eigenvalue weighted by Crippen LogP contribution is -2.53. The first-order valence-electron chi connectivity index (χ1n) is 12.4. The first-order chi connectivity index (χ1) is 16.1. The van der Waals surface area contributed by atoms with E-state index in [1.54, 1.807) is 0 Å². The number of carbonyl (C=O) groups excluding carboxylic acids is 1. The molecule has 0 bridgehead atoms. The Labute approximate surface area is 202 Å². The van der Waals surface area contributed by atoms with Crippen molar-refractivity contribution in [1.82, 2.24) is 0 Å². The van der Waals surface area contributed by atoms with Gasteiger partial charge < -0.3 is 10.0 Å². The molecule has 0 spiro atoms. The Morgan fingerprint density at radius 2 is 1.62 bits per heavy atom. The molecule has 3 aliphatic rings. The van der Waals surface area contributed by atoms with Gasteiger partial charge in [0.25, 0.3) is 0 Å². The van der Waals surface area contributed by atoms with Crippen molar-refractivity contribution >= 4 is 22.9 Å². The van der Waals surface area contributed by atoms with Crippen molar-refractivity contribution < 1.29 is 14.5 Å². The van der Waals surface area contributed by atoms with E-state index in [1.165, 1.54) is 22.5 Å². The summed E-state index contributed by atoms with van der Waals surface area (Å²) in [5.74, 6) is -0.655. The molecule has 1 fully saturated rings. The molecule has 4 nitrogen and oxygen atoms in total. The maximum Gasteiger partial charge on any atom is 0.209 e. The van der Waals surface area contributed by atoms with Crippen LogP contribution >= 0.6 is 0 Å².